The first-order chi connectivity index (χ1) is 10.5. The highest BCUT2D eigenvalue weighted by atomic mass is 16.5. The Morgan fingerprint density at radius 3 is 2.45 bits per heavy atom. The summed E-state index contributed by atoms with van der Waals surface area (Å²) in [6, 6.07) is 9.05. The van der Waals surface area contributed by atoms with Gasteiger partial charge in [0.1, 0.15) is 23.0 Å². The van der Waals surface area contributed by atoms with Crippen molar-refractivity contribution in [1.82, 2.24) is 0 Å². The Kier molecular flexibility index (Phi) is 4.68. The Hall–Kier alpha value is -2.95. The van der Waals surface area contributed by atoms with Gasteiger partial charge in [0.25, 0.3) is 0 Å². The van der Waals surface area contributed by atoms with Gasteiger partial charge in [0.05, 0.1) is 19.8 Å². The molecule has 0 fully saturated rings. The summed E-state index contributed by atoms with van der Waals surface area (Å²) < 4.78 is 10.3. The van der Waals surface area contributed by atoms with Crippen LogP contribution >= 0.6 is 0 Å². The molecule has 0 bridgehead atoms. The molecule has 0 unspecified atom stereocenters. The number of carbonyl (C=O) groups is 1. The Bertz CT molecular complexity index is 719. The molecular formula is C17H16O5. The van der Waals surface area contributed by atoms with E-state index in [1.165, 1.54) is 25.3 Å². The molecule has 5 heteroatoms. The van der Waals surface area contributed by atoms with Crippen LogP contribution in [0.2, 0.25) is 0 Å². The molecule has 0 aliphatic heterocycles. The highest BCUT2D eigenvalue weighted by molar-refractivity contribution is 6.08. The molecule has 0 atom stereocenters. The number of allylic oxidation sites excluding steroid dienone is 1. The van der Waals surface area contributed by atoms with Crippen molar-refractivity contribution in [2.75, 3.05) is 14.2 Å². The minimum Gasteiger partial charge on any atom is -0.508 e. The average Bonchev–Trinajstić information content (AvgIpc) is 2.52. The molecule has 0 aliphatic carbocycles. The van der Waals surface area contributed by atoms with Crippen LogP contribution in [0.15, 0.2) is 42.5 Å². The molecule has 0 aromatic heterocycles. The van der Waals surface area contributed by atoms with Crippen molar-refractivity contribution in [3.05, 3.63) is 53.6 Å². The molecular weight excluding hydrogens is 284 g/mol. The summed E-state index contributed by atoms with van der Waals surface area (Å²) in [6.07, 6.45) is 2.92. The highest BCUT2D eigenvalue weighted by Gasteiger charge is 2.09. The number of hydrogen-bond donors (Lipinski definition) is 2. The van der Waals surface area contributed by atoms with Crippen LogP contribution in [0.1, 0.15) is 15.9 Å². The molecule has 2 aromatic carbocycles. The van der Waals surface area contributed by atoms with Gasteiger partial charge < -0.3 is 19.7 Å². The lowest BCUT2D eigenvalue weighted by molar-refractivity contribution is 0.104. The summed E-state index contributed by atoms with van der Waals surface area (Å²) in [5.74, 6) is 0.469. The minimum atomic E-state index is -0.379. The SMILES string of the molecule is COc1ccc(/C=C/C(=O)c2ccc(O)cc2O)c(OC)c1. The summed E-state index contributed by atoms with van der Waals surface area (Å²) in [4.78, 5) is 12.1. The zero-order chi connectivity index (χ0) is 16.1. The van der Waals surface area contributed by atoms with Crippen LogP contribution in [0.3, 0.4) is 0 Å². The van der Waals surface area contributed by atoms with Crippen molar-refractivity contribution >= 4 is 11.9 Å². The molecule has 0 aliphatic rings. The first kappa shape index (κ1) is 15.4. The number of phenols is 2. The summed E-state index contributed by atoms with van der Waals surface area (Å²) >= 11 is 0. The minimum absolute atomic E-state index is 0.102. The zero-order valence-electron chi connectivity index (χ0n) is 12.2. The van der Waals surface area contributed by atoms with E-state index in [4.69, 9.17) is 9.47 Å². The van der Waals surface area contributed by atoms with Gasteiger partial charge in [0.15, 0.2) is 5.78 Å². The number of carbonyl (C=O) groups excluding carboxylic acids is 1. The van der Waals surface area contributed by atoms with Crippen molar-refractivity contribution in [3.63, 3.8) is 0 Å². The summed E-state index contributed by atoms with van der Waals surface area (Å²) in [5.41, 5.74) is 0.816. The first-order valence-corrected chi connectivity index (χ1v) is 6.51. The monoisotopic (exact) mass is 300 g/mol. The number of methoxy groups -OCH3 is 2. The number of rotatable bonds is 5. The maximum absolute atomic E-state index is 12.1. The van der Waals surface area contributed by atoms with Crippen LogP contribution in [0.25, 0.3) is 6.08 Å². The fourth-order valence-electron chi connectivity index (χ4n) is 1.94. The van der Waals surface area contributed by atoms with Gasteiger partial charge >= 0.3 is 0 Å². The van der Waals surface area contributed by atoms with E-state index in [0.29, 0.717) is 17.1 Å². The first-order valence-electron chi connectivity index (χ1n) is 6.51. The van der Waals surface area contributed by atoms with Crippen molar-refractivity contribution in [1.29, 1.82) is 0 Å². The lowest BCUT2D eigenvalue weighted by Gasteiger charge is -2.07. The van der Waals surface area contributed by atoms with Crippen LogP contribution in [0, 0.1) is 0 Å². The van der Waals surface area contributed by atoms with Gasteiger partial charge in [-0.05, 0) is 36.4 Å². The molecule has 0 amide bonds. The summed E-state index contributed by atoms with van der Waals surface area (Å²) in [5, 5.41) is 18.9. The van der Waals surface area contributed by atoms with Gasteiger partial charge in [-0.1, -0.05) is 0 Å². The maximum atomic E-state index is 12.1. The largest absolute Gasteiger partial charge is 0.508 e. The molecule has 2 aromatic rings. The Balaban J connectivity index is 2.26. The van der Waals surface area contributed by atoms with Crippen molar-refractivity contribution in [2.45, 2.75) is 0 Å². The van der Waals surface area contributed by atoms with Gasteiger partial charge in [0.2, 0.25) is 0 Å². The molecule has 2 rings (SSSR count). The molecule has 5 nitrogen and oxygen atoms in total. The number of benzene rings is 2. The normalized spacial score (nSPS) is 10.6. The third kappa shape index (κ3) is 3.38. The molecule has 22 heavy (non-hydrogen) atoms. The van der Waals surface area contributed by atoms with Gasteiger partial charge in [-0.2, -0.15) is 0 Å². The van der Waals surface area contributed by atoms with E-state index in [-0.39, 0.29) is 22.8 Å². The van der Waals surface area contributed by atoms with Crippen LogP contribution in [0.5, 0.6) is 23.0 Å². The number of aromatic hydroxyl groups is 2. The van der Waals surface area contributed by atoms with E-state index in [1.54, 1.807) is 31.4 Å². The summed E-state index contributed by atoms with van der Waals surface area (Å²) in [6.45, 7) is 0. The van der Waals surface area contributed by atoms with E-state index in [9.17, 15) is 15.0 Å². The Morgan fingerprint density at radius 2 is 1.82 bits per heavy atom. The second-order valence-electron chi connectivity index (χ2n) is 4.51. The van der Waals surface area contributed by atoms with Crippen molar-refractivity contribution in [2.24, 2.45) is 0 Å². The third-order valence-electron chi connectivity index (χ3n) is 3.10. The van der Waals surface area contributed by atoms with Gasteiger partial charge in [-0.25, -0.2) is 0 Å². The molecule has 0 saturated carbocycles. The van der Waals surface area contributed by atoms with Gasteiger partial charge in [-0.3, -0.25) is 4.79 Å². The molecule has 0 radical (unpaired) electrons. The topological polar surface area (TPSA) is 76.0 Å². The molecule has 0 saturated heterocycles. The second kappa shape index (κ2) is 6.67. The number of ether oxygens (including phenoxy) is 2. The predicted molar refractivity (Wildman–Crippen MR) is 82.7 cm³/mol. The van der Waals surface area contributed by atoms with E-state index in [1.807, 2.05) is 0 Å². The van der Waals surface area contributed by atoms with E-state index < -0.39 is 0 Å². The van der Waals surface area contributed by atoms with E-state index >= 15 is 0 Å². The number of phenolic OH excluding ortho intramolecular Hbond substituents is 2. The van der Waals surface area contributed by atoms with Crippen molar-refractivity contribution < 1.29 is 24.5 Å². The van der Waals surface area contributed by atoms with Crippen LogP contribution in [-0.2, 0) is 0 Å². The maximum Gasteiger partial charge on any atom is 0.189 e. The molecule has 2 N–H and O–H groups in total. The smallest absolute Gasteiger partial charge is 0.189 e. The lowest BCUT2D eigenvalue weighted by atomic mass is 10.1. The number of ketones is 1. The molecule has 114 valence electrons. The van der Waals surface area contributed by atoms with Crippen LogP contribution < -0.4 is 9.47 Å². The van der Waals surface area contributed by atoms with Crippen molar-refractivity contribution in [3.8, 4) is 23.0 Å². The fourth-order valence-corrected chi connectivity index (χ4v) is 1.94. The highest BCUT2D eigenvalue weighted by Crippen LogP contribution is 2.27. The quantitative estimate of drug-likeness (QED) is 0.655. The average molecular weight is 300 g/mol. The predicted octanol–water partition coefficient (Wildman–Crippen LogP) is 3.01. The lowest BCUT2D eigenvalue weighted by Crippen LogP contribution is -1.95. The van der Waals surface area contributed by atoms with Gasteiger partial charge in [0, 0.05) is 17.7 Å². The molecule has 0 spiro atoms. The van der Waals surface area contributed by atoms with E-state index in [0.717, 1.165) is 6.07 Å². The zero-order valence-corrected chi connectivity index (χ0v) is 12.2. The van der Waals surface area contributed by atoms with Gasteiger partial charge in [-0.15, -0.1) is 0 Å². The van der Waals surface area contributed by atoms with Crippen LogP contribution in [-0.4, -0.2) is 30.2 Å². The molecule has 0 heterocycles. The Morgan fingerprint density at radius 1 is 1.05 bits per heavy atom. The van der Waals surface area contributed by atoms with E-state index in [2.05, 4.69) is 0 Å². The third-order valence-corrected chi connectivity index (χ3v) is 3.10. The van der Waals surface area contributed by atoms with Crippen LogP contribution in [0.4, 0.5) is 0 Å². The Labute approximate surface area is 128 Å². The fraction of sp³-hybridized carbons (Fsp3) is 0.118. The standard InChI is InChI=1S/C17H16O5/c1-21-13-6-3-11(17(10-13)22-2)4-8-15(19)14-7-5-12(18)9-16(14)20/h3-10,18,20H,1-2H3/b8-4+. The second-order valence-corrected chi connectivity index (χ2v) is 4.51. The summed E-state index contributed by atoms with van der Waals surface area (Å²) in [7, 11) is 3.08. The number of hydrogen-bond acceptors (Lipinski definition) is 5.